The Hall–Kier alpha value is -1.79. The van der Waals surface area contributed by atoms with Gasteiger partial charge < -0.3 is 15.0 Å². The molecule has 0 fully saturated rings. The number of rotatable bonds is 8. The van der Waals surface area contributed by atoms with Gasteiger partial charge in [-0.1, -0.05) is 23.9 Å². The van der Waals surface area contributed by atoms with Crippen LogP contribution in [0, 0.1) is 0 Å². The SMILES string of the molecule is CC(CCCO)NC(=O)c1cccc(CSc2nccn2C)c1. The Bertz CT molecular complexity index is 642. The molecule has 1 aromatic carbocycles. The van der Waals surface area contributed by atoms with Gasteiger partial charge in [0.2, 0.25) is 0 Å². The Balaban J connectivity index is 1.93. The van der Waals surface area contributed by atoms with E-state index in [0.29, 0.717) is 12.0 Å². The molecule has 0 aliphatic heterocycles. The molecular weight excluding hydrogens is 310 g/mol. The third-order valence-corrected chi connectivity index (χ3v) is 4.64. The minimum atomic E-state index is -0.0701. The highest BCUT2D eigenvalue weighted by Crippen LogP contribution is 2.21. The van der Waals surface area contributed by atoms with Crippen molar-refractivity contribution in [3.63, 3.8) is 0 Å². The summed E-state index contributed by atoms with van der Waals surface area (Å²) in [7, 11) is 1.97. The summed E-state index contributed by atoms with van der Waals surface area (Å²) in [5.74, 6) is 0.700. The number of aliphatic hydroxyl groups is 1. The number of nitrogens with zero attached hydrogens (tertiary/aromatic N) is 2. The molecule has 0 spiro atoms. The number of aliphatic hydroxyl groups excluding tert-OH is 1. The maximum Gasteiger partial charge on any atom is 0.251 e. The fourth-order valence-electron chi connectivity index (χ4n) is 2.22. The largest absolute Gasteiger partial charge is 0.396 e. The number of amides is 1. The van der Waals surface area contributed by atoms with Crippen molar-refractivity contribution in [1.29, 1.82) is 0 Å². The van der Waals surface area contributed by atoms with Gasteiger partial charge in [0.15, 0.2) is 5.16 Å². The number of aryl methyl sites for hydroxylation is 1. The molecule has 2 N–H and O–H groups in total. The van der Waals surface area contributed by atoms with Crippen LogP contribution >= 0.6 is 11.8 Å². The lowest BCUT2D eigenvalue weighted by molar-refractivity contribution is 0.0936. The van der Waals surface area contributed by atoms with E-state index in [9.17, 15) is 4.79 Å². The summed E-state index contributed by atoms with van der Waals surface area (Å²) in [6.07, 6.45) is 5.17. The third kappa shape index (κ3) is 5.41. The number of aromatic nitrogens is 2. The zero-order chi connectivity index (χ0) is 16.7. The quantitative estimate of drug-likeness (QED) is 0.729. The molecule has 0 saturated carbocycles. The van der Waals surface area contributed by atoms with Crippen LogP contribution in [0.4, 0.5) is 0 Å². The molecule has 124 valence electrons. The van der Waals surface area contributed by atoms with E-state index in [2.05, 4.69) is 10.3 Å². The van der Waals surface area contributed by atoms with E-state index in [1.54, 1.807) is 18.0 Å². The van der Waals surface area contributed by atoms with Crippen molar-refractivity contribution in [2.75, 3.05) is 6.61 Å². The van der Waals surface area contributed by atoms with Gasteiger partial charge in [-0.05, 0) is 37.5 Å². The second kappa shape index (κ2) is 8.74. The third-order valence-electron chi connectivity index (χ3n) is 3.51. The summed E-state index contributed by atoms with van der Waals surface area (Å²) in [5.41, 5.74) is 1.76. The van der Waals surface area contributed by atoms with Gasteiger partial charge in [0.05, 0.1) is 0 Å². The Morgan fingerprint density at radius 2 is 2.30 bits per heavy atom. The summed E-state index contributed by atoms with van der Waals surface area (Å²) < 4.78 is 1.98. The zero-order valence-electron chi connectivity index (χ0n) is 13.5. The molecule has 0 aliphatic carbocycles. The van der Waals surface area contributed by atoms with Crippen molar-refractivity contribution in [2.45, 2.75) is 36.7 Å². The van der Waals surface area contributed by atoms with Crippen LogP contribution in [0.25, 0.3) is 0 Å². The highest BCUT2D eigenvalue weighted by atomic mass is 32.2. The van der Waals surface area contributed by atoms with E-state index in [0.717, 1.165) is 22.9 Å². The maximum absolute atomic E-state index is 12.3. The first-order valence-electron chi connectivity index (χ1n) is 7.71. The molecule has 5 nitrogen and oxygen atoms in total. The summed E-state index contributed by atoms with van der Waals surface area (Å²) in [4.78, 5) is 16.5. The van der Waals surface area contributed by atoms with E-state index in [1.807, 2.05) is 49.0 Å². The van der Waals surface area contributed by atoms with Crippen LogP contribution in [0.5, 0.6) is 0 Å². The average Bonchev–Trinajstić information content (AvgIpc) is 2.96. The van der Waals surface area contributed by atoms with Crippen LogP contribution in [0.3, 0.4) is 0 Å². The van der Waals surface area contributed by atoms with Crippen LogP contribution in [0.15, 0.2) is 41.8 Å². The molecule has 1 unspecified atom stereocenters. The molecule has 0 saturated heterocycles. The minimum absolute atomic E-state index is 0.0558. The predicted molar refractivity (Wildman–Crippen MR) is 92.5 cm³/mol. The van der Waals surface area contributed by atoms with Crippen LogP contribution in [-0.4, -0.2) is 33.2 Å². The molecule has 1 heterocycles. The molecule has 2 aromatic rings. The Morgan fingerprint density at radius 1 is 1.48 bits per heavy atom. The summed E-state index contributed by atoms with van der Waals surface area (Å²) in [6, 6.07) is 7.72. The van der Waals surface area contributed by atoms with Gasteiger partial charge in [-0.15, -0.1) is 0 Å². The van der Waals surface area contributed by atoms with Gasteiger partial charge in [-0.3, -0.25) is 4.79 Å². The molecule has 0 bridgehead atoms. The number of hydrogen-bond acceptors (Lipinski definition) is 4. The first kappa shape index (κ1) is 17.6. The van der Waals surface area contributed by atoms with Crippen molar-refractivity contribution in [3.05, 3.63) is 47.8 Å². The molecule has 0 aliphatic rings. The number of carbonyl (C=O) groups excluding carboxylic acids is 1. The van der Waals surface area contributed by atoms with Gasteiger partial charge in [0.1, 0.15) is 0 Å². The van der Waals surface area contributed by atoms with Gasteiger partial charge in [-0.2, -0.15) is 0 Å². The van der Waals surface area contributed by atoms with Crippen molar-refractivity contribution in [1.82, 2.24) is 14.9 Å². The molecule has 6 heteroatoms. The van der Waals surface area contributed by atoms with Crippen molar-refractivity contribution in [2.24, 2.45) is 7.05 Å². The molecule has 1 atom stereocenters. The fraction of sp³-hybridized carbons (Fsp3) is 0.412. The Labute approximate surface area is 141 Å². The number of hydrogen-bond donors (Lipinski definition) is 2. The fourth-order valence-corrected chi connectivity index (χ4v) is 3.09. The monoisotopic (exact) mass is 333 g/mol. The van der Waals surface area contributed by atoms with Crippen molar-refractivity contribution >= 4 is 17.7 Å². The predicted octanol–water partition coefficient (Wildman–Crippen LogP) is 2.60. The molecule has 0 radical (unpaired) electrons. The maximum atomic E-state index is 12.3. The lowest BCUT2D eigenvalue weighted by atomic mass is 10.1. The number of thioether (sulfide) groups is 1. The summed E-state index contributed by atoms with van der Waals surface area (Å²) in [5, 5.41) is 12.8. The van der Waals surface area contributed by atoms with E-state index in [1.165, 1.54) is 0 Å². The molecule has 2 rings (SSSR count). The first-order valence-corrected chi connectivity index (χ1v) is 8.69. The van der Waals surface area contributed by atoms with E-state index in [4.69, 9.17) is 5.11 Å². The van der Waals surface area contributed by atoms with Gasteiger partial charge >= 0.3 is 0 Å². The molecule has 1 aromatic heterocycles. The lowest BCUT2D eigenvalue weighted by Crippen LogP contribution is -2.32. The topological polar surface area (TPSA) is 67.2 Å². The Morgan fingerprint density at radius 3 is 3.00 bits per heavy atom. The van der Waals surface area contributed by atoms with Crippen molar-refractivity contribution in [3.8, 4) is 0 Å². The van der Waals surface area contributed by atoms with E-state index >= 15 is 0 Å². The standard InChI is InChI=1S/C17H23N3O2S/c1-13(5-4-10-21)19-16(22)15-7-3-6-14(11-15)12-23-17-18-8-9-20(17)2/h3,6-9,11,13,21H,4-5,10,12H2,1-2H3,(H,19,22). The zero-order valence-corrected chi connectivity index (χ0v) is 14.3. The smallest absolute Gasteiger partial charge is 0.251 e. The highest BCUT2D eigenvalue weighted by Gasteiger charge is 2.10. The van der Waals surface area contributed by atoms with Crippen LogP contribution in [0.1, 0.15) is 35.7 Å². The van der Waals surface area contributed by atoms with E-state index in [-0.39, 0.29) is 18.6 Å². The van der Waals surface area contributed by atoms with E-state index < -0.39 is 0 Å². The second-order valence-electron chi connectivity index (χ2n) is 5.55. The van der Waals surface area contributed by atoms with Gasteiger partial charge in [0.25, 0.3) is 5.91 Å². The highest BCUT2D eigenvalue weighted by molar-refractivity contribution is 7.98. The molecule has 23 heavy (non-hydrogen) atoms. The first-order chi connectivity index (χ1) is 11.1. The van der Waals surface area contributed by atoms with Crippen LogP contribution < -0.4 is 5.32 Å². The lowest BCUT2D eigenvalue weighted by Gasteiger charge is -2.13. The second-order valence-corrected chi connectivity index (χ2v) is 6.49. The number of benzene rings is 1. The van der Waals surface area contributed by atoms with Crippen LogP contribution in [0.2, 0.25) is 0 Å². The number of imidazole rings is 1. The number of carbonyl (C=O) groups is 1. The van der Waals surface area contributed by atoms with Crippen LogP contribution in [-0.2, 0) is 12.8 Å². The average molecular weight is 333 g/mol. The van der Waals surface area contributed by atoms with Gasteiger partial charge in [0, 0.05) is 43.4 Å². The molecular formula is C17H23N3O2S. The summed E-state index contributed by atoms with van der Waals surface area (Å²) in [6.45, 7) is 2.11. The van der Waals surface area contributed by atoms with Crippen molar-refractivity contribution < 1.29 is 9.90 Å². The summed E-state index contributed by atoms with van der Waals surface area (Å²) >= 11 is 1.64. The normalized spacial score (nSPS) is 12.1. The number of nitrogens with one attached hydrogen (secondary N) is 1. The molecule has 1 amide bonds. The Kier molecular flexibility index (Phi) is 6.67. The minimum Gasteiger partial charge on any atom is -0.396 e. The van der Waals surface area contributed by atoms with Gasteiger partial charge in [-0.25, -0.2) is 4.98 Å².